The minimum Gasteiger partial charge on any atom is -0.426 e. The molecular formula is C20H19NO4. The Morgan fingerprint density at radius 2 is 1.68 bits per heavy atom. The van der Waals surface area contributed by atoms with Gasteiger partial charge in [0, 0.05) is 24.2 Å². The van der Waals surface area contributed by atoms with Gasteiger partial charge in [-0.25, -0.2) is 0 Å². The van der Waals surface area contributed by atoms with E-state index in [0.29, 0.717) is 17.9 Å². The van der Waals surface area contributed by atoms with Crippen LogP contribution in [0.2, 0.25) is 0 Å². The van der Waals surface area contributed by atoms with Gasteiger partial charge in [0.25, 0.3) is 0 Å². The van der Waals surface area contributed by atoms with E-state index in [1.54, 1.807) is 29.2 Å². The van der Waals surface area contributed by atoms with E-state index in [1.165, 1.54) is 6.92 Å². The lowest BCUT2D eigenvalue weighted by atomic mass is 10.1. The quantitative estimate of drug-likeness (QED) is 0.488. The molecule has 1 saturated heterocycles. The predicted octanol–water partition coefficient (Wildman–Crippen LogP) is 3.16. The monoisotopic (exact) mass is 337 g/mol. The fourth-order valence-electron chi connectivity index (χ4n) is 2.80. The van der Waals surface area contributed by atoms with Crippen LogP contribution in [0.1, 0.15) is 29.3 Å². The second-order valence-corrected chi connectivity index (χ2v) is 6.24. The topological polar surface area (TPSA) is 63.7 Å². The van der Waals surface area contributed by atoms with Crippen LogP contribution >= 0.6 is 0 Å². The Morgan fingerprint density at radius 1 is 1.04 bits per heavy atom. The molecule has 128 valence electrons. The van der Waals surface area contributed by atoms with Crippen molar-refractivity contribution in [2.75, 3.05) is 11.4 Å². The molecule has 1 heterocycles. The molecule has 1 aliphatic heterocycles. The van der Waals surface area contributed by atoms with Gasteiger partial charge in [-0.05, 0) is 50.2 Å². The minimum absolute atomic E-state index is 0.0481. The third kappa shape index (κ3) is 3.76. The van der Waals surface area contributed by atoms with Crippen LogP contribution in [0.4, 0.5) is 5.69 Å². The zero-order valence-electron chi connectivity index (χ0n) is 14.2. The Labute approximate surface area is 146 Å². The molecular weight excluding hydrogens is 318 g/mol. The van der Waals surface area contributed by atoms with Crippen molar-refractivity contribution in [3.05, 3.63) is 59.7 Å². The van der Waals surface area contributed by atoms with Crippen LogP contribution in [-0.4, -0.2) is 24.2 Å². The summed E-state index contributed by atoms with van der Waals surface area (Å²) in [6.07, 6.45) is 0.137. The van der Waals surface area contributed by atoms with Crippen LogP contribution in [0.25, 0.3) is 0 Å². The molecule has 1 fully saturated rings. The Morgan fingerprint density at radius 3 is 2.28 bits per heavy atom. The molecule has 0 radical (unpaired) electrons. The van der Waals surface area contributed by atoms with Crippen molar-refractivity contribution in [2.24, 2.45) is 5.92 Å². The Balaban J connectivity index is 1.66. The molecule has 5 heteroatoms. The van der Waals surface area contributed by atoms with E-state index in [1.807, 2.05) is 31.2 Å². The molecule has 1 amide bonds. The number of benzene rings is 2. The van der Waals surface area contributed by atoms with Crippen molar-refractivity contribution in [3.63, 3.8) is 0 Å². The molecule has 0 aromatic heterocycles. The van der Waals surface area contributed by atoms with E-state index >= 15 is 0 Å². The van der Waals surface area contributed by atoms with Crippen molar-refractivity contribution >= 4 is 23.3 Å². The second kappa shape index (κ2) is 6.89. The lowest BCUT2D eigenvalue weighted by Crippen LogP contribution is -2.27. The van der Waals surface area contributed by atoms with Crippen molar-refractivity contribution in [3.8, 4) is 5.75 Å². The van der Waals surface area contributed by atoms with Crippen LogP contribution in [0, 0.1) is 12.8 Å². The predicted molar refractivity (Wildman–Crippen MR) is 93.7 cm³/mol. The van der Waals surface area contributed by atoms with E-state index in [0.717, 1.165) is 11.3 Å². The molecule has 0 unspecified atom stereocenters. The summed E-state index contributed by atoms with van der Waals surface area (Å²) >= 11 is 0. The number of carbonyl (C=O) groups excluding carboxylic acids is 3. The average Bonchev–Trinajstić information content (AvgIpc) is 2.98. The maximum absolute atomic E-state index is 12.3. The molecule has 3 rings (SSSR count). The summed E-state index contributed by atoms with van der Waals surface area (Å²) in [5, 5.41) is 0. The van der Waals surface area contributed by atoms with E-state index in [-0.39, 0.29) is 18.1 Å². The van der Waals surface area contributed by atoms with Gasteiger partial charge in [-0.1, -0.05) is 17.7 Å². The molecule has 2 aromatic rings. The van der Waals surface area contributed by atoms with E-state index in [9.17, 15) is 14.4 Å². The van der Waals surface area contributed by atoms with Gasteiger partial charge in [-0.3, -0.25) is 14.4 Å². The molecule has 1 atom stereocenters. The van der Waals surface area contributed by atoms with Gasteiger partial charge in [0.1, 0.15) is 5.75 Å². The Bertz CT molecular complexity index is 809. The van der Waals surface area contributed by atoms with Crippen LogP contribution in [-0.2, 0) is 9.59 Å². The first-order chi connectivity index (χ1) is 11.9. The summed E-state index contributed by atoms with van der Waals surface area (Å²) < 4.78 is 5.36. The van der Waals surface area contributed by atoms with Crippen LogP contribution in [0.15, 0.2) is 48.5 Å². The van der Waals surface area contributed by atoms with Crippen molar-refractivity contribution < 1.29 is 19.1 Å². The maximum atomic E-state index is 12.3. The van der Waals surface area contributed by atoms with Crippen LogP contribution in [0.5, 0.6) is 5.75 Å². The highest BCUT2D eigenvalue weighted by atomic mass is 16.5. The summed E-state index contributed by atoms with van der Waals surface area (Å²) in [5.74, 6) is -0.693. The highest BCUT2D eigenvalue weighted by molar-refractivity contribution is 5.99. The van der Waals surface area contributed by atoms with E-state index in [2.05, 4.69) is 0 Å². The maximum Gasteiger partial charge on any atom is 0.316 e. The Hall–Kier alpha value is -2.95. The Kier molecular flexibility index (Phi) is 4.65. The number of nitrogens with zero attached hydrogens (tertiary/aromatic N) is 1. The molecule has 0 bridgehead atoms. The van der Waals surface area contributed by atoms with Gasteiger partial charge in [0.2, 0.25) is 5.91 Å². The first-order valence-corrected chi connectivity index (χ1v) is 8.14. The van der Waals surface area contributed by atoms with E-state index < -0.39 is 11.9 Å². The van der Waals surface area contributed by atoms with Crippen LogP contribution < -0.4 is 9.64 Å². The lowest BCUT2D eigenvalue weighted by molar-refractivity contribution is -0.139. The second-order valence-electron chi connectivity index (χ2n) is 6.24. The summed E-state index contributed by atoms with van der Waals surface area (Å²) in [7, 11) is 0. The highest BCUT2D eigenvalue weighted by Gasteiger charge is 2.36. The smallest absolute Gasteiger partial charge is 0.316 e. The molecule has 25 heavy (non-hydrogen) atoms. The first-order valence-electron chi connectivity index (χ1n) is 8.14. The summed E-state index contributed by atoms with van der Waals surface area (Å²) in [4.78, 5) is 37.4. The fourth-order valence-corrected chi connectivity index (χ4v) is 2.80. The minimum atomic E-state index is -0.499. The SMILES string of the molecule is CC(=O)c1ccc(OC(=O)[C@H]2CC(=O)N(c3ccc(C)cc3)C2)cc1. The summed E-state index contributed by atoms with van der Waals surface area (Å²) in [5.41, 5.74) is 2.46. The number of anilines is 1. The summed E-state index contributed by atoms with van der Waals surface area (Å²) in [6.45, 7) is 3.77. The molecule has 0 spiro atoms. The number of aryl methyl sites for hydroxylation is 1. The number of ketones is 1. The number of Topliss-reactive ketones (excluding diaryl/α,β-unsaturated/α-hetero) is 1. The molecule has 0 saturated carbocycles. The fraction of sp³-hybridized carbons (Fsp3) is 0.250. The number of hydrogen-bond donors (Lipinski definition) is 0. The molecule has 0 aliphatic carbocycles. The molecule has 0 N–H and O–H groups in total. The third-order valence-corrected chi connectivity index (χ3v) is 4.28. The van der Waals surface area contributed by atoms with Gasteiger partial charge < -0.3 is 9.64 Å². The molecule has 5 nitrogen and oxygen atoms in total. The standard InChI is InChI=1S/C20H19NO4/c1-13-3-7-17(8-4-13)21-12-16(11-19(21)23)20(24)25-18-9-5-15(6-10-18)14(2)22/h3-10,16H,11-12H2,1-2H3/t16-/m0/s1. The normalized spacial score (nSPS) is 16.8. The van der Waals surface area contributed by atoms with Gasteiger partial charge in [0.15, 0.2) is 5.78 Å². The number of ether oxygens (including phenoxy) is 1. The number of carbonyl (C=O) groups is 3. The molecule has 2 aromatic carbocycles. The zero-order valence-corrected chi connectivity index (χ0v) is 14.2. The van der Waals surface area contributed by atoms with Gasteiger partial charge in [0.05, 0.1) is 5.92 Å². The first kappa shape index (κ1) is 16.9. The highest BCUT2D eigenvalue weighted by Crippen LogP contribution is 2.26. The van der Waals surface area contributed by atoms with Crippen molar-refractivity contribution in [2.45, 2.75) is 20.3 Å². The van der Waals surface area contributed by atoms with Gasteiger partial charge in [-0.15, -0.1) is 0 Å². The number of hydrogen-bond acceptors (Lipinski definition) is 4. The van der Waals surface area contributed by atoms with Gasteiger partial charge in [-0.2, -0.15) is 0 Å². The van der Waals surface area contributed by atoms with Gasteiger partial charge >= 0.3 is 5.97 Å². The third-order valence-electron chi connectivity index (χ3n) is 4.28. The largest absolute Gasteiger partial charge is 0.426 e. The number of esters is 1. The number of rotatable bonds is 4. The van der Waals surface area contributed by atoms with Crippen LogP contribution in [0.3, 0.4) is 0 Å². The number of amides is 1. The van der Waals surface area contributed by atoms with Crippen molar-refractivity contribution in [1.82, 2.24) is 0 Å². The molecule has 1 aliphatic rings. The zero-order chi connectivity index (χ0) is 18.0. The van der Waals surface area contributed by atoms with E-state index in [4.69, 9.17) is 4.74 Å². The lowest BCUT2D eigenvalue weighted by Gasteiger charge is -2.16. The summed E-state index contributed by atoms with van der Waals surface area (Å²) in [6, 6.07) is 14.0. The average molecular weight is 337 g/mol. The van der Waals surface area contributed by atoms with Crippen molar-refractivity contribution in [1.29, 1.82) is 0 Å².